The molecule has 0 unspecified atom stereocenters. The normalized spacial score (nSPS) is 11.2. The van der Waals surface area contributed by atoms with Crippen LogP contribution < -0.4 is 0 Å². The number of amides is 1. The van der Waals surface area contributed by atoms with Gasteiger partial charge in [-0.1, -0.05) is 12.1 Å². The lowest BCUT2D eigenvalue weighted by Gasteiger charge is -2.35. The lowest BCUT2D eigenvalue weighted by molar-refractivity contribution is 0.0611. The van der Waals surface area contributed by atoms with Gasteiger partial charge in [-0.15, -0.1) is 6.58 Å². The SMILES string of the molecule is C=CCN(C(=O)c1c(F)cccc1Br)C(C)(C)C. The number of carbonyl (C=O) groups excluding carboxylic acids is 1. The minimum Gasteiger partial charge on any atom is -0.330 e. The molecule has 1 rings (SSSR count). The number of nitrogens with zero attached hydrogens (tertiary/aromatic N) is 1. The number of rotatable bonds is 3. The van der Waals surface area contributed by atoms with Crippen molar-refractivity contribution in [2.45, 2.75) is 26.3 Å². The summed E-state index contributed by atoms with van der Waals surface area (Å²) in [6.07, 6.45) is 1.64. The van der Waals surface area contributed by atoms with Gasteiger partial charge < -0.3 is 4.90 Å². The van der Waals surface area contributed by atoms with Crippen molar-refractivity contribution in [2.24, 2.45) is 0 Å². The zero-order chi connectivity index (χ0) is 13.9. The Morgan fingerprint density at radius 3 is 2.56 bits per heavy atom. The third-order valence-corrected chi connectivity index (χ3v) is 3.20. The van der Waals surface area contributed by atoms with Crippen LogP contribution in [0.25, 0.3) is 0 Å². The smallest absolute Gasteiger partial charge is 0.258 e. The van der Waals surface area contributed by atoms with Crippen LogP contribution in [0.4, 0.5) is 4.39 Å². The van der Waals surface area contributed by atoms with Crippen LogP contribution in [-0.2, 0) is 0 Å². The van der Waals surface area contributed by atoms with Crippen molar-refractivity contribution in [2.75, 3.05) is 6.54 Å². The summed E-state index contributed by atoms with van der Waals surface area (Å²) in [6.45, 7) is 9.73. The molecule has 0 atom stereocenters. The minimum atomic E-state index is -0.521. The maximum absolute atomic E-state index is 13.8. The van der Waals surface area contributed by atoms with Crippen LogP contribution in [0.1, 0.15) is 31.1 Å². The Bertz CT molecular complexity index is 445. The molecule has 0 aliphatic rings. The molecule has 0 aliphatic heterocycles. The molecule has 2 nitrogen and oxygen atoms in total. The number of carbonyl (C=O) groups is 1. The molecule has 0 bridgehead atoms. The zero-order valence-corrected chi connectivity index (χ0v) is 12.4. The first-order valence-corrected chi connectivity index (χ1v) is 6.45. The number of hydrogen-bond donors (Lipinski definition) is 0. The predicted molar refractivity (Wildman–Crippen MR) is 75.1 cm³/mol. The molecular weight excluding hydrogens is 297 g/mol. The van der Waals surface area contributed by atoms with Gasteiger partial charge >= 0.3 is 0 Å². The van der Waals surface area contributed by atoms with Crippen molar-refractivity contribution in [3.05, 3.63) is 46.7 Å². The van der Waals surface area contributed by atoms with Crippen molar-refractivity contribution >= 4 is 21.8 Å². The van der Waals surface area contributed by atoms with Crippen LogP contribution in [0.5, 0.6) is 0 Å². The summed E-state index contributed by atoms with van der Waals surface area (Å²) in [5.41, 5.74) is -0.332. The van der Waals surface area contributed by atoms with E-state index in [2.05, 4.69) is 22.5 Å². The first-order chi connectivity index (χ1) is 8.29. The van der Waals surface area contributed by atoms with Gasteiger partial charge in [0, 0.05) is 16.6 Å². The molecular formula is C14H17BrFNO. The minimum absolute atomic E-state index is 0.0641. The highest BCUT2D eigenvalue weighted by Crippen LogP contribution is 2.24. The fourth-order valence-electron chi connectivity index (χ4n) is 1.63. The van der Waals surface area contributed by atoms with Crippen LogP contribution in [0.3, 0.4) is 0 Å². The molecule has 0 radical (unpaired) electrons. The maximum Gasteiger partial charge on any atom is 0.258 e. The summed E-state index contributed by atoms with van der Waals surface area (Å²) >= 11 is 3.22. The van der Waals surface area contributed by atoms with Gasteiger partial charge in [-0.3, -0.25) is 4.79 Å². The van der Waals surface area contributed by atoms with Crippen LogP contribution in [0, 0.1) is 5.82 Å². The largest absolute Gasteiger partial charge is 0.330 e. The Morgan fingerprint density at radius 1 is 1.50 bits per heavy atom. The molecule has 0 spiro atoms. The first-order valence-electron chi connectivity index (χ1n) is 5.66. The van der Waals surface area contributed by atoms with E-state index in [4.69, 9.17) is 0 Å². The second-order valence-electron chi connectivity index (χ2n) is 4.97. The highest BCUT2D eigenvalue weighted by Gasteiger charge is 2.29. The van der Waals surface area contributed by atoms with E-state index < -0.39 is 11.4 Å². The molecule has 1 aromatic rings. The van der Waals surface area contributed by atoms with Crippen molar-refractivity contribution in [3.8, 4) is 0 Å². The first kappa shape index (κ1) is 14.9. The summed E-state index contributed by atoms with van der Waals surface area (Å²) in [5, 5.41) is 0. The molecule has 98 valence electrons. The number of benzene rings is 1. The summed E-state index contributed by atoms with van der Waals surface area (Å²) < 4.78 is 14.3. The number of hydrogen-bond acceptors (Lipinski definition) is 1. The van der Waals surface area contributed by atoms with E-state index in [-0.39, 0.29) is 11.5 Å². The fourth-order valence-corrected chi connectivity index (χ4v) is 2.14. The van der Waals surface area contributed by atoms with Gasteiger partial charge in [-0.2, -0.15) is 0 Å². The Morgan fingerprint density at radius 2 is 2.11 bits per heavy atom. The summed E-state index contributed by atoms with van der Waals surface area (Å²) in [5.74, 6) is -0.861. The number of halogens is 2. The monoisotopic (exact) mass is 313 g/mol. The van der Waals surface area contributed by atoms with Crippen LogP contribution in [-0.4, -0.2) is 22.9 Å². The van der Waals surface area contributed by atoms with Crippen molar-refractivity contribution in [1.82, 2.24) is 4.90 Å². The van der Waals surface area contributed by atoms with E-state index in [1.807, 2.05) is 20.8 Å². The molecule has 0 saturated heterocycles. The lowest BCUT2D eigenvalue weighted by atomic mass is 10.0. The van der Waals surface area contributed by atoms with E-state index in [0.29, 0.717) is 11.0 Å². The third kappa shape index (κ3) is 3.19. The Balaban J connectivity index is 3.22. The van der Waals surface area contributed by atoms with Gasteiger partial charge in [-0.25, -0.2) is 4.39 Å². The highest BCUT2D eigenvalue weighted by molar-refractivity contribution is 9.10. The summed E-state index contributed by atoms with van der Waals surface area (Å²) in [7, 11) is 0. The summed E-state index contributed by atoms with van der Waals surface area (Å²) in [6, 6.07) is 4.50. The van der Waals surface area contributed by atoms with Crippen LogP contribution >= 0.6 is 15.9 Å². The van der Waals surface area contributed by atoms with Gasteiger partial charge in [0.2, 0.25) is 0 Å². The quantitative estimate of drug-likeness (QED) is 0.772. The maximum atomic E-state index is 13.8. The predicted octanol–water partition coefficient (Wildman–Crippen LogP) is 4.01. The standard InChI is InChI=1S/C14H17BrFNO/c1-5-9-17(14(2,3)4)13(18)12-10(15)7-6-8-11(12)16/h5-8H,1,9H2,2-4H3. The molecule has 4 heteroatoms. The molecule has 0 aromatic heterocycles. The Labute approximate surface area is 116 Å². The van der Waals surface area contributed by atoms with Gasteiger partial charge in [0.1, 0.15) is 5.82 Å². The molecule has 18 heavy (non-hydrogen) atoms. The van der Waals surface area contributed by atoms with Crippen molar-refractivity contribution in [1.29, 1.82) is 0 Å². The molecule has 1 amide bonds. The second-order valence-corrected chi connectivity index (χ2v) is 5.83. The molecule has 1 aromatic carbocycles. The zero-order valence-electron chi connectivity index (χ0n) is 10.8. The van der Waals surface area contributed by atoms with Gasteiger partial charge in [-0.05, 0) is 48.8 Å². The molecule has 0 fully saturated rings. The average molecular weight is 314 g/mol. The van der Waals surface area contributed by atoms with E-state index in [0.717, 1.165) is 0 Å². The molecule has 0 heterocycles. The Hall–Kier alpha value is -1.16. The van der Waals surface area contributed by atoms with Gasteiger partial charge in [0.05, 0.1) is 5.56 Å². The van der Waals surface area contributed by atoms with E-state index in [1.54, 1.807) is 23.1 Å². The summed E-state index contributed by atoms with van der Waals surface area (Å²) in [4.78, 5) is 14.0. The van der Waals surface area contributed by atoms with Gasteiger partial charge in [0.15, 0.2) is 0 Å². The van der Waals surface area contributed by atoms with E-state index in [1.165, 1.54) is 6.07 Å². The fraction of sp³-hybridized carbons (Fsp3) is 0.357. The Kier molecular flexibility index (Phi) is 4.68. The van der Waals surface area contributed by atoms with Gasteiger partial charge in [0.25, 0.3) is 5.91 Å². The second kappa shape index (κ2) is 5.65. The van der Waals surface area contributed by atoms with Crippen molar-refractivity contribution < 1.29 is 9.18 Å². The van der Waals surface area contributed by atoms with E-state index >= 15 is 0 Å². The van der Waals surface area contributed by atoms with Crippen LogP contribution in [0.15, 0.2) is 35.3 Å². The lowest BCUT2D eigenvalue weighted by Crippen LogP contribution is -2.46. The third-order valence-electron chi connectivity index (χ3n) is 2.54. The topological polar surface area (TPSA) is 20.3 Å². The molecule has 0 saturated carbocycles. The van der Waals surface area contributed by atoms with E-state index in [9.17, 15) is 9.18 Å². The average Bonchev–Trinajstić information content (AvgIpc) is 2.23. The molecule has 0 N–H and O–H groups in total. The van der Waals surface area contributed by atoms with Crippen molar-refractivity contribution in [3.63, 3.8) is 0 Å². The molecule has 0 aliphatic carbocycles. The van der Waals surface area contributed by atoms with Crippen LogP contribution in [0.2, 0.25) is 0 Å². The highest BCUT2D eigenvalue weighted by atomic mass is 79.9.